The molecule has 2 aromatic carbocycles. The maximum Gasteiger partial charge on any atom is 0.341 e. The molecule has 0 bridgehead atoms. The lowest BCUT2D eigenvalue weighted by atomic mass is 10.1. The lowest BCUT2D eigenvalue weighted by Gasteiger charge is -2.12. The van der Waals surface area contributed by atoms with Gasteiger partial charge in [-0.1, -0.05) is 12.1 Å². The monoisotopic (exact) mass is 301 g/mol. The molecule has 0 amide bonds. The van der Waals surface area contributed by atoms with Gasteiger partial charge >= 0.3 is 11.9 Å². The number of nitrogen functional groups attached to an aromatic ring is 1. The van der Waals surface area contributed by atoms with Crippen LogP contribution in [0.5, 0.6) is 11.5 Å². The number of rotatable bonds is 4. The zero-order valence-electron chi connectivity index (χ0n) is 12.2. The minimum atomic E-state index is -0.629. The zero-order valence-corrected chi connectivity index (χ0v) is 12.2. The molecular weight excluding hydrogens is 286 g/mol. The second kappa shape index (κ2) is 6.62. The van der Waals surface area contributed by atoms with Gasteiger partial charge in [0.25, 0.3) is 0 Å². The highest BCUT2D eigenvalue weighted by Crippen LogP contribution is 2.30. The lowest BCUT2D eigenvalue weighted by Crippen LogP contribution is -2.08. The Kier molecular flexibility index (Phi) is 4.63. The van der Waals surface area contributed by atoms with E-state index in [4.69, 9.17) is 15.2 Å². The summed E-state index contributed by atoms with van der Waals surface area (Å²) in [5.41, 5.74) is 6.56. The van der Waals surface area contributed by atoms with E-state index in [0.717, 1.165) is 0 Å². The van der Waals surface area contributed by atoms with E-state index in [1.807, 2.05) is 0 Å². The van der Waals surface area contributed by atoms with Gasteiger partial charge in [-0.3, -0.25) is 0 Å². The summed E-state index contributed by atoms with van der Waals surface area (Å²) in [5.74, 6) is -0.554. The van der Waals surface area contributed by atoms with Crippen molar-refractivity contribution < 1.29 is 23.8 Å². The highest BCUT2D eigenvalue weighted by molar-refractivity contribution is 5.97. The molecule has 0 aliphatic rings. The Hall–Kier alpha value is -3.02. The highest BCUT2D eigenvalue weighted by Gasteiger charge is 2.18. The fourth-order valence-electron chi connectivity index (χ4n) is 1.83. The number of benzene rings is 2. The molecule has 0 radical (unpaired) electrons. The van der Waals surface area contributed by atoms with Crippen molar-refractivity contribution in [2.75, 3.05) is 20.0 Å². The number of hydrogen-bond acceptors (Lipinski definition) is 6. The molecule has 0 aromatic heterocycles. The van der Waals surface area contributed by atoms with Crippen molar-refractivity contribution in [1.82, 2.24) is 0 Å². The van der Waals surface area contributed by atoms with Gasteiger partial charge in [-0.15, -0.1) is 0 Å². The minimum absolute atomic E-state index is 0.105. The summed E-state index contributed by atoms with van der Waals surface area (Å²) in [7, 11) is 2.50. The van der Waals surface area contributed by atoms with Gasteiger partial charge in [0.1, 0.15) is 17.1 Å². The van der Waals surface area contributed by atoms with Crippen molar-refractivity contribution in [3.8, 4) is 11.5 Å². The summed E-state index contributed by atoms with van der Waals surface area (Å²) in [6.07, 6.45) is 0. The summed E-state index contributed by atoms with van der Waals surface area (Å²) in [6.45, 7) is 0. The van der Waals surface area contributed by atoms with Gasteiger partial charge in [0.05, 0.1) is 25.5 Å². The third kappa shape index (κ3) is 3.17. The Balaban J connectivity index is 2.44. The van der Waals surface area contributed by atoms with E-state index in [1.165, 1.54) is 32.4 Å². The number of esters is 2. The number of nitrogens with two attached hydrogens (primary N) is 1. The van der Waals surface area contributed by atoms with Gasteiger partial charge < -0.3 is 19.9 Å². The molecule has 6 heteroatoms. The number of para-hydroxylation sites is 2. The first-order valence-corrected chi connectivity index (χ1v) is 6.40. The largest absolute Gasteiger partial charge is 0.465 e. The third-order valence-electron chi connectivity index (χ3n) is 2.94. The second-order valence-electron chi connectivity index (χ2n) is 4.33. The van der Waals surface area contributed by atoms with E-state index < -0.39 is 11.9 Å². The van der Waals surface area contributed by atoms with Crippen LogP contribution in [0.1, 0.15) is 20.7 Å². The Morgan fingerprint density at radius 1 is 0.909 bits per heavy atom. The van der Waals surface area contributed by atoms with Gasteiger partial charge in [-0.2, -0.15) is 0 Å². The molecular formula is C16H15NO5. The average Bonchev–Trinajstić information content (AvgIpc) is 2.55. The number of methoxy groups -OCH3 is 2. The first kappa shape index (κ1) is 15.4. The van der Waals surface area contributed by atoms with E-state index in [1.54, 1.807) is 24.3 Å². The van der Waals surface area contributed by atoms with Crippen LogP contribution in [-0.2, 0) is 9.47 Å². The smallest absolute Gasteiger partial charge is 0.341 e. The Morgan fingerprint density at radius 3 is 2.23 bits per heavy atom. The molecule has 2 N–H and O–H groups in total. The van der Waals surface area contributed by atoms with Crippen LogP contribution < -0.4 is 10.5 Å². The van der Waals surface area contributed by atoms with Crippen LogP contribution in [-0.4, -0.2) is 26.2 Å². The van der Waals surface area contributed by atoms with E-state index in [0.29, 0.717) is 11.4 Å². The van der Waals surface area contributed by atoms with Gasteiger partial charge in [0.2, 0.25) is 0 Å². The molecule has 6 nitrogen and oxygen atoms in total. The van der Waals surface area contributed by atoms with Gasteiger partial charge in [0.15, 0.2) is 0 Å². The number of ether oxygens (including phenoxy) is 3. The van der Waals surface area contributed by atoms with Crippen molar-refractivity contribution in [2.24, 2.45) is 0 Å². The Bertz CT molecular complexity index is 711. The van der Waals surface area contributed by atoms with Gasteiger partial charge in [0, 0.05) is 0 Å². The quantitative estimate of drug-likeness (QED) is 0.690. The predicted molar refractivity (Wildman–Crippen MR) is 80.0 cm³/mol. The molecule has 0 atom stereocenters. The molecule has 0 unspecified atom stereocenters. The summed E-state index contributed by atoms with van der Waals surface area (Å²) >= 11 is 0. The van der Waals surface area contributed by atoms with Crippen molar-refractivity contribution >= 4 is 17.6 Å². The SMILES string of the molecule is COC(=O)c1ccc(Oc2ccccc2N)c(C(=O)OC)c1. The van der Waals surface area contributed by atoms with Gasteiger partial charge in [-0.05, 0) is 30.3 Å². The molecule has 0 heterocycles. The minimum Gasteiger partial charge on any atom is -0.465 e. The van der Waals surface area contributed by atoms with Crippen LogP contribution >= 0.6 is 0 Å². The van der Waals surface area contributed by atoms with Crippen molar-refractivity contribution in [1.29, 1.82) is 0 Å². The number of carbonyl (C=O) groups is 2. The highest BCUT2D eigenvalue weighted by atomic mass is 16.5. The van der Waals surface area contributed by atoms with Crippen LogP contribution in [0.15, 0.2) is 42.5 Å². The van der Waals surface area contributed by atoms with E-state index >= 15 is 0 Å². The van der Waals surface area contributed by atoms with Crippen LogP contribution in [0, 0.1) is 0 Å². The van der Waals surface area contributed by atoms with Gasteiger partial charge in [-0.25, -0.2) is 9.59 Å². The molecule has 0 aliphatic carbocycles. The fraction of sp³-hybridized carbons (Fsp3) is 0.125. The van der Waals surface area contributed by atoms with Crippen molar-refractivity contribution in [3.05, 3.63) is 53.6 Å². The number of carbonyl (C=O) groups excluding carboxylic acids is 2. The molecule has 2 aromatic rings. The predicted octanol–water partition coefficient (Wildman–Crippen LogP) is 2.63. The molecule has 114 valence electrons. The Morgan fingerprint density at radius 2 is 1.59 bits per heavy atom. The summed E-state index contributed by atoms with van der Waals surface area (Å²) in [6, 6.07) is 11.2. The van der Waals surface area contributed by atoms with Crippen molar-refractivity contribution in [3.63, 3.8) is 0 Å². The number of hydrogen-bond donors (Lipinski definition) is 1. The van der Waals surface area contributed by atoms with Crippen LogP contribution in [0.3, 0.4) is 0 Å². The second-order valence-corrected chi connectivity index (χ2v) is 4.33. The fourth-order valence-corrected chi connectivity index (χ4v) is 1.83. The Labute approximate surface area is 127 Å². The van der Waals surface area contributed by atoms with Crippen molar-refractivity contribution in [2.45, 2.75) is 0 Å². The number of anilines is 1. The normalized spacial score (nSPS) is 9.91. The topological polar surface area (TPSA) is 87.9 Å². The molecule has 0 fully saturated rings. The standard InChI is InChI=1S/C16H15NO5/c1-20-15(18)10-7-8-13(11(9-10)16(19)21-2)22-14-6-4-3-5-12(14)17/h3-9H,17H2,1-2H3. The zero-order chi connectivity index (χ0) is 16.1. The first-order valence-electron chi connectivity index (χ1n) is 6.40. The molecule has 0 saturated carbocycles. The van der Waals surface area contributed by atoms with E-state index in [-0.39, 0.29) is 16.9 Å². The first-order chi connectivity index (χ1) is 10.6. The van der Waals surface area contributed by atoms with Crippen LogP contribution in [0.2, 0.25) is 0 Å². The molecule has 0 aliphatic heterocycles. The van der Waals surface area contributed by atoms with E-state index in [9.17, 15) is 9.59 Å². The molecule has 0 saturated heterocycles. The summed E-state index contributed by atoms with van der Waals surface area (Å²) in [4.78, 5) is 23.5. The van der Waals surface area contributed by atoms with E-state index in [2.05, 4.69) is 4.74 Å². The molecule has 22 heavy (non-hydrogen) atoms. The molecule has 0 spiro atoms. The maximum atomic E-state index is 11.9. The summed E-state index contributed by atoms with van der Waals surface area (Å²) in [5, 5.41) is 0. The maximum absolute atomic E-state index is 11.9. The molecule has 2 rings (SSSR count). The van der Waals surface area contributed by atoms with Crippen LogP contribution in [0.4, 0.5) is 5.69 Å². The lowest BCUT2D eigenvalue weighted by molar-refractivity contribution is 0.0597. The summed E-state index contributed by atoms with van der Waals surface area (Å²) < 4.78 is 15.0. The third-order valence-corrected chi connectivity index (χ3v) is 2.94. The van der Waals surface area contributed by atoms with Crippen LogP contribution in [0.25, 0.3) is 0 Å². The average molecular weight is 301 g/mol.